The first kappa shape index (κ1) is 13.2. The lowest BCUT2D eigenvalue weighted by Crippen LogP contribution is -2.37. The molecule has 90 valence electrons. The van der Waals surface area contributed by atoms with Gasteiger partial charge < -0.3 is 10.6 Å². The number of hydrogen-bond acceptors (Lipinski definition) is 4. The highest BCUT2D eigenvalue weighted by Crippen LogP contribution is 2.22. The second-order valence-corrected chi connectivity index (χ2v) is 4.13. The third kappa shape index (κ3) is 2.83. The number of halogens is 1. The molecule has 1 aromatic heterocycles. The molecule has 1 aliphatic rings. The predicted molar refractivity (Wildman–Crippen MR) is 68.0 cm³/mol. The Morgan fingerprint density at radius 3 is 2.50 bits per heavy atom. The predicted octanol–water partition coefficient (Wildman–Crippen LogP) is 1.38. The lowest BCUT2D eigenvalue weighted by atomic mass is 9.97. The van der Waals surface area contributed by atoms with Crippen molar-refractivity contribution in [3.8, 4) is 0 Å². The van der Waals surface area contributed by atoms with E-state index in [-0.39, 0.29) is 12.4 Å². The number of nitrogens with zero attached hydrogens (tertiary/aromatic N) is 3. The van der Waals surface area contributed by atoms with Crippen molar-refractivity contribution in [3.05, 3.63) is 18.1 Å². The average molecular weight is 243 g/mol. The van der Waals surface area contributed by atoms with Crippen LogP contribution in [0.1, 0.15) is 18.5 Å². The monoisotopic (exact) mass is 242 g/mol. The van der Waals surface area contributed by atoms with Gasteiger partial charge in [-0.2, -0.15) is 0 Å². The van der Waals surface area contributed by atoms with Crippen LogP contribution < -0.4 is 10.6 Å². The maximum Gasteiger partial charge on any atom is 0.150 e. The molecule has 0 aliphatic carbocycles. The van der Waals surface area contributed by atoms with Gasteiger partial charge in [-0.3, -0.25) is 4.98 Å². The number of hydrogen-bond donors (Lipinski definition) is 1. The first-order valence-corrected chi connectivity index (χ1v) is 5.54. The van der Waals surface area contributed by atoms with Gasteiger partial charge in [-0.05, 0) is 32.2 Å². The Kier molecular flexibility index (Phi) is 4.96. The highest BCUT2D eigenvalue weighted by molar-refractivity contribution is 5.85. The summed E-state index contributed by atoms with van der Waals surface area (Å²) in [4.78, 5) is 11.0. The Hall–Kier alpha value is -0.870. The van der Waals surface area contributed by atoms with E-state index in [2.05, 4.69) is 14.9 Å². The van der Waals surface area contributed by atoms with E-state index in [1.165, 1.54) is 12.8 Å². The molecule has 2 rings (SSSR count). The first-order valence-electron chi connectivity index (χ1n) is 5.54. The molecule has 16 heavy (non-hydrogen) atoms. The van der Waals surface area contributed by atoms with E-state index in [0.717, 1.165) is 31.1 Å². The summed E-state index contributed by atoms with van der Waals surface area (Å²) in [6.07, 6.45) is 5.85. The van der Waals surface area contributed by atoms with Crippen molar-refractivity contribution in [2.24, 2.45) is 11.7 Å². The molecule has 0 bridgehead atoms. The molecule has 4 nitrogen and oxygen atoms in total. The summed E-state index contributed by atoms with van der Waals surface area (Å²) in [6, 6.07) is 0. The molecule has 0 saturated carbocycles. The van der Waals surface area contributed by atoms with Gasteiger partial charge in [-0.15, -0.1) is 12.4 Å². The maximum atomic E-state index is 5.67. The first-order chi connectivity index (χ1) is 7.31. The van der Waals surface area contributed by atoms with Crippen molar-refractivity contribution < 1.29 is 0 Å². The van der Waals surface area contributed by atoms with Crippen LogP contribution in [0, 0.1) is 12.8 Å². The summed E-state index contributed by atoms with van der Waals surface area (Å²) in [5.41, 5.74) is 6.69. The van der Waals surface area contributed by atoms with Gasteiger partial charge in [-0.25, -0.2) is 4.98 Å². The Morgan fingerprint density at radius 1 is 1.31 bits per heavy atom. The smallest absolute Gasteiger partial charge is 0.150 e. The fraction of sp³-hybridized carbons (Fsp3) is 0.636. The molecule has 0 atom stereocenters. The molecule has 5 heteroatoms. The van der Waals surface area contributed by atoms with Crippen LogP contribution in [0.15, 0.2) is 12.4 Å². The molecule has 1 aliphatic heterocycles. The molecular weight excluding hydrogens is 224 g/mol. The fourth-order valence-corrected chi connectivity index (χ4v) is 2.09. The number of nitrogens with two attached hydrogens (primary N) is 1. The van der Waals surface area contributed by atoms with Crippen LogP contribution in [0.4, 0.5) is 5.82 Å². The number of piperidine rings is 1. The van der Waals surface area contributed by atoms with Crippen molar-refractivity contribution >= 4 is 18.2 Å². The third-order valence-corrected chi connectivity index (χ3v) is 3.10. The SMILES string of the molecule is Cc1nccnc1N1CCC(CN)CC1.Cl. The number of aryl methyl sites for hydroxylation is 1. The van der Waals surface area contributed by atoms with E-state index in [9.17, 15) is 0 Å². The second kappa shape index (κ2) is 6.01. The molecule has 0 amide bonds. The van der Waals surface area contributed by atoms with Gasteiger partial charge in [0.1, 0.15) is 5.82 Å². The summed E-state index contributed by atoms with van der Waals surface area (Å²) >= 11 is 0. The zero-order chi connectivity index (χ0) is 10.7. The summed E-state index contributed by atoms with van der Waals surface area (Å²) < 4.78 is 0. The molecule has 1 aromatic rings. The highest BCUT2D eigenvalue weighted by atomic mass is 35.5. The quantitative estimate of drug-likeness (QED) is 0.852. The van der Waals surface area contributed by atoms with Crippen LogP contribution in [0.2, 0.25) is 0 Å². The molecule has 0 radical (unpaired) electrons. The van der Waals surface area contributed by atoms with E-state index in [1.807, 2.05) is 6.92 Å². The zero-order valence-corrected chi connectivity index (χ0v) is 10.4. The fourth-order valence-electron chi connectivity index (χ4n) is 2.09. The van der Waals surface area contributed by atoms with Crippen LogP contribution in [-0.2, 0) is 0 Å². The minimum Gasteiger partial charge on any atom is -0.355 e. The topological polar surface area (TPSA) is 55.0 Å². The summed E-state index contributed by atoms with van der Waals surface area (Å²) in [7, 11) is 0. The Bertz CT molecular complexity index is 324. The molecule has 0 unspecified atom stereocenters. The largest absolute Gasteiger partial charge is 0.355 e. The van der Waals surface area contributed by atoms with Crippen molar-refractivity contribution in [1.29, 1.82) is 0 Å². The Morgan fingerprint density at radius 2 is 1.94 bits per heavy atom. The zero-order valence-electron chi connectivity index (χ0n) is 9.59. The maximum absolute atomic E-state index is 5.67. The highest BCUT2D eigenvalue weighted by Gasteiger charge is 2.20. The molecule has 1 saturated heterocycles. The summed E-state index contributed by atoms with van der Waals surface area (Å²) in [5, 5.41) is 0. The minimum absolute atomic E-state index is 0. The van der Waals surface area contributed by atoms with Crippen LogP contribution in [-0.4, -0.2) is 29.6 Å². The van der Waals surface area contributed by atoms with Crippen molar-refractivity contribution in [2.75, 3.05) is 24.5 Å². The van der Waals surface area contributed by atoms with Gasteiger partial charge in [0, 0.05) is 25.5 Å². The third-order valence-electron chi connectivity index (χ3n) is 3.10. The summed E-state index contributed by atoms with van der Waals surface area (Å²) in [6.45, 7) is 4.94. The molecule has 0 spiro atoms. The molecule has 2 N–H and O–H groups in total. The Balaban J connectivity index is 0.00000128. The van der Waals surface area contributed by atoms with Gasteiger partial charge in [0.25, 0.3) is 0 Å². The van der Waals surface area contributed by atoms with Gasteiger partial charge in [0.15, 0.2) is 0 Å². The van der Waals surface area contributed by atoms with Crippen LogP contribution in [0.5, 0.6) is 0 Å². The molecule has 1 fully saturated rings. The Labute approximate surface area is 103 Å². The normalized spacial score (nSPS) is 17.0. The number of aromatic nitrogens is 2. The van der Waals surface area contributed by atoms with E-state index in [0.29, 0.717) is 5.92 Å². The average Bonchev–Trinajstić information content (AvgIpc) is 2.30. The molecular formula is C11H19ClN4. The van der Waals surface area contributed by atoms with E-state index >= 15 is 0 Å². The lowest BCUT2D eigenvalue weighted by molar-refractivity contribution is 0.412. The molecule has 2 heterocycles. The van der Waals surface area contributed by atoms with Gasteiger partial charge in [-0.1, -0.05) is 0 Å². The van der Waals surface area contributed by atoms with Gasteiger partial charge in [0.05, 0.1) is 5.69 Å². The van der Waals surface area contributed by atoms with E-state index in [1.54, 1.807) is 12.4 Å². The van der Waals surface area contributed by atoms with Crippen molar-refractivity contribution in [2.45, 2.75) is 19.8 Å². The van der Waals surface area contributed by atoms with Gasteiger partial charge >= 0.3 is 0 Å². The van der Waals surface area contributed by atoms with Crippen LogP contribution in [0.25, 0.3) is 0 Å². The van der Waals surface area contributed by atoms with Gasteiger partial charge in [0.2, 0.25) is 0 Å². The van der Waals surface area contributed by atoms with E-state index in [4.69, 9.17) is 5.73 Å². The number of anilines is 1. The lowest BCUT2D eigenvalue weighted by Gasteiger charge is -2.32. The van der Waals surface area contributed by atoms with Crippen LogP contribution in [0.3, 0.4) is 0 Å². The van der Waals surface area contributed by atoms with Crippen molar-refractivity contribution in [1.82, 2.24) is 9.97 Å². The number of rotatable bonds is 2. The second-order valence-electron chi connectivity index (χ2n) is 4.13. The summed E-state index contributed by atoms with van der Waals surface area (Å²) in [5.74, 6) is 1.73. The molecule has 0 aromatic carbocycles. The van der Waals surface area contributed by atoms with E-state index < -0.39 is 0 Å². The van der Waals surface area contributed by atoms with Crippen molar-refractivity contribution in [3.63, 3.8) is 0 Å². The minimum atomic E-state index is 0. The standard InChI is InChI=1S/C11H18N4.ClH/c1-9-11(14-5-4-13-9)15-6-2-10(8-12)3-7-15;/h4-5,10H,2-3,6-8,12H2,1H3;1H. The van der Waals surface area contributed by atoms with Crippen LogP contribution >= 0.6 is 12.4 Å².